The topological polar surface area (TPSA) is 51.2 Å². The number of unbranched alkanes of at least 4 members (excludes halogenated alkanes) is 3. The van der Waals surface area contributed by atoms with Crippen LogP contribution in [0.4, 0.5) is 9.93 Å². The number of aromatic nitrogens is 1. The van der Waals surface area contributed by atoms with E-state index in [-0.39, 0.29) is 0 Å². The molecule has 1 amide bonds. The predicted molar refractivity (Wildman–Crippen MR) is 119 cm³/mol. The van der Waals surface area contributed by atoms with E-state index in [1.165, 1.54) is 72.8 Å². The van der Waals surface area contributed by atoms with Gasteiger partial charge in [0.15, 0.2) is 0 Å². The fraction of sp³-hybridized carbons (Fsp3) is 0.810. The van der Waals surface area contributed by atoms with Crippen LogP contribution in [0.1, 0.15) is 99.3 Å². The molecule has 0 aliphatic heterocycles. The normalized spacial score (nSPS) is 12.2. The molecule has 0 saturated heterocycles. The van der Waals surface area contributed by atoms with E-state index in [2.05, 4.69) is 31.5 Å². The first-order valence-corrected chi connectivity index (χ1v) is 14.2. The zero-order valence-corrected chi connectivity index (χ0v) is 21.8. The van der Waals surface area contributed by atoms with E-state index in [4.69, 9.17) is 9.72 Å². The molecule has 1 heterocycles. The van der Waals surface area contributed by atoms with Crippen molar-refractivity contribution in [3.63, 3.8) is 0 Å². The minimum atomic E-state index is -0.845. The number of hydrogen-bond acceptors (Lipinski definition) is 4. The van der Waals surface area contributed by atoms with Crippen LogP contribution in [0, 0.1) is 0 Å². The molecule has 154 valence electrons. The summed E-state index contributed by atoms with van der Waals surface area (Å²) in [5, 5.41) is 5.66. The van der Waals surface area contributed by atoms with Crippen LogP contribution in [-0.4, -0.2) is 37.8 Å². The van der Waals surface area contributed by atoms with E-state index in [9.17, 15) is 4.79 Å². The molecule has 1 aromatic rings. The van der Waals surface area contributed by atoms with Gasteiger partial charge in [0.1, 0.15) is 0 Å². The van der Waals surface area contributed by atoms with Gasteiger partial charge in [-0.15, -0.1) is 0 Å². The second kappa shape index (κ2) is 12.3. The van der Waals surface area contributed by atoms with E-state index in [1.54, 1.807) is 0 Å². The van der Waals surface area contributed by atoms with Gasteiger partial charge in [0.2, 0.25) is 0 Å². The van der Waals surface area contributed by atoms with Gasteiger partial charge in [-0.25, -0.2) is 0 Å². The Balaban J connectivity index is 2.84. The Hall–Kier alpha value is -0.301. The van der Waals surface area contributed by atoms with Gasteiger partial charge in [-0.3, -0.25) is 0 Å². The fourth-order valence-corrected chi connectivity index (χ4v) is 9.64. The van der Waals surface area contributed by atoms with Crippen molar-refractivity contribution in [2.45, 2.75) is 108 Å². The third-order valence-corrected chi connectivity index (χ3v) is 11.0. The number of ether oxygens (including phenoxy) is 1. The van der Waals surface area contributed by atoms with Crippen molar-refractivity contribution in [1.29, 1.82) is 0 Å². The van der Waals surface area contributed by atoms with Crippen LogP contribution in [0.3, 0.4) is 0 Å². The van der Waals surface area contributed by atoms with Gasteiger partial charge in [-0.1, -0.05) is 0 Å². The Labute approximate surface area is 180 Å². The summed E-state index contributed by atoms with van der Waals surface area (Å²) >= 11 is 0.691. The van der Waals surface area contributed by atoms with Crippen LogP contribution in [-0.2, 0) is 4.74 Å². The average molecular weight is 501 g/mol. The maximum atomic E-state index is 12.0. The predicted octanol–water partition coefficient (Wildman–Crippen LogP) is 6.55. The summed E-state index contributed by atoms with van der Waals surface area (Å²) in [6.45, 7) is 12.5. The molecule has 0 bridgehead atoms. The molecular weight excluding hydrogens is 463 g/mol. The Kier molecular flexibility index (Phi) is 11.3. The van der Waals surface area contributed by atoms with Gasteiger partial charge in [0, 0.05) is 0 Å². The second-order valence-electron chi connectivity index (χ2n) is 8.38. The molecule has 6 heteroatoms. The number of amides is 1. The van der Waals surface area contributed by atoms with Crippen LogP contribution in [0.2, 0.25) is 3.43 Å². The summed E-state index contributed by atoms with van der Waals surface area (Å²) < 4.78 is 7.13. The number of carbonyl (C=O) groups excluding carboxylic acids is 1. The molecule has 0 fully saturated rings. The van der Waals surface area contributed by atoms with Crippen LogP contribution in [0.25, 0.3) is 0 Å². The number of rotatable bonds is 12. The SMILES string of the molecule is CCCC[C](CCCC)(CCCC)[Sn][c]1csc(NC(=O)OC(C)(C)C)n1. The molecule has 1 aromatic heterocycles. The maximum absolute atomic E-state index is 12.0. The summed E-state index contributed by atoms with van der Waals surface area (Å²) in [4.78, 5) is 16.8. The van der Waals surface area contributed by atoms with E-state index in [0.717, 1.165) is 0 Å². The number of hydrogen-bond donors (Lipinski definition) is 1. The number of anilines is 1. The van der Waals surface area contributed by atoms with Gasteiger partial charge < -0.3 is 0 Å². The van der Waals surface area contributed by atoms with Crippen molar-refractivity contribution in [2.24, 2.45) is 0 Å². The molecule has 1 rings (SSSR count). The number of nitrogens with zero attached hydrogens (tertiary/aromatic N) is 1. The number of thiazole rings is 1. The van der Waals surface area contributed by atoms with Crippen molar-refractivity contribution in [1.82, 2.24) is 4.98 Å². The Bertz CT molecular complexity index is 533. The third kappa shape index (κ3) is 10.2. The van der Waals surface area contributed by atoms with Crippen LogP contribution in [0.5, 0.6) is 0 Å². The molecule has 2 radical (unpaired) electrons. The quantitative estimate of drug-likeness (QED) is 0.331. The first kappa shape index (κ1) is 24.7. The summed E-state index contributed by atoms with van der Waals surface area (Å²) in [7, 11) is 0. The van der Waals surface area contributed by atoms with Crippen LogP contribution in [0.15, 0.2) is 5.38 Å². The summed E-state index contributed by atoms with van der Waals surface area (Å²) in [5.74, 6) is 0. The van der Waals surface area contributed by atoms with Crippen LogP contribution < -0.4 is 9.03 Å². The molecule has 0 aliphatic rings. The van der Waals surface area contributed by atoms with Gasteiger partial charge in [-0.2, -0.15) is 0 Å². The molecule has 0 atom stereocenters. The Morgan fingerprint density at radius 3 is 2.04 bits per heavy atom. The average Bonchev–Trinajstić information content (AvgIpc) is 3.00. The van der Waals surface area contributed by atoms with Gasteiger partial charge in [0.25, 0.3) is 0 Å². The molecule has 0 aromatic carbocycles. The fourth-order valence-electron chi connectivity index (χ4n) is 3.16. The first-order valence-electron chi connectivity index (χ1n) is 10.5. The summed E-state index contributed by atoms with van der Waals surface area (Å²) in [6, 6.07) is 0. The molecular formula is C21H38N2O2SSn. The van der Waals surface area contributed by atoms with Gasteiger partial charge in [0.05, 0.1) is 0 Å². The summed E-state index contributed by atoms with van der Waals surface area (Å²) in [6.07, 6.45) is 11.4. The number of nitrogens with one attached hydrogen (secondary N) is 1. The molecule has 27 heavy (non-hydrogen) atoms. The van der Waals surface area contributed by atoms with E-state index in [0.29, 0.717) is 8.56 Å². The van der Waals surface area contributed by atoms with Crippen molar-refractivity contribution >= 4 is 47.4 Å². The summed E-state index contributed by atoms with van der Waals surface area (Å²) in [5.41, 5.74) is -0.490. The Morgan fingerprint density at radius 2 is 1.59 bits per heavy atom. The van der Waals surface area contributed by atoms with Crippen LogP contribution >= 0.6 is 11.3 Å². The van der Waals surface area contributed by atoms with Crippen molar-refractivity contribution in [2.75, 3.05) is 5.32 Å². The van der Waals surface area contributed by atoms with Gasteiger partial charge >= 0.3 is 181 Å². The zero-order chi connectivity index (χ0) is 20.3. The minimum absolute atomic E-state index is 0.414. The molecule has 1 N–H and O–H groups in total. The standard InChI is InChI=1S/C13H27.C8H11N2O2S.Sn/c1-4-7-10-13(11-8-5-2)12-9-6-3;1-8(2,3)12-7(11)10-6-9-4-5-13-6;/h4-12H2,1-3H3;5H,1-3H3,(H,9,10,11);. The van der Waals surface area contributed by atoms with Crippen molar-refractivity contribution in [3.05, 3.63) is 5.38 Å². The first-order chi connectivity index (χ1) is 12.7. The monoisotopic (exact) mass is 502 g/mol. The number of carbonyl (C=O) groups is 1. The third-order valence-electron chi connectivity index (χ3n) is 4.53. The molecule has 4 nitrogen and oxygen atoms in total. The molecule has 0 spiro atoms. The molecule has 0 saturated carbocycles. The molecule has 0 unspecified atom stereocenters. The Morgan fingerprint density at radius 1 is 1.07 bits per heavy atom. The van der Waals surface area contributed by atoms with E-state index >= 15 is 0 Å². The molecule has 0 aliphatic carbocycles. The van der Waals surface area contributed by atoms with E-state index in [1.807, 2.05) is 20.8 Å². The van der Waals surface area contributed by atoms with Gasteiger partial charge in [-0.05, 0) is 0 Å². The van der Waals surface area contributed by atoms with Crippen molar-refractivity contribution in [3.8, 4) is 0 Å². The second-order valence-corrected chi connectivity index (χ2v) is 14.4. The van der Waals surface area contributed by atoms with Crippen molar-refractivity contribution < 1.29 is 9.53 Å². The zero-order valence-electron chi connectivity index (χ0n) is 18.1. The van der Waals surface area contributed by atoms with E-state index < -0.39 is 32.8 Å².